The number of aromatic amines is 1. The van der Waals surface area contributed by atoms with Crippen LogP contribution >= 0.6 is 0 Å². The minimum Gasteiger partial charge on any atom is -0.460 e. The Morgan fingerprint density at radius 2 is 2.00 bits per heavy atom. The number of hydrogen-bond acceptors (Lipinski definition) is 3. The van der Waals surface area contributed by atoms with Crippen LogP contribution in [-0.2, 0) is 21.4 Å². The number of aromatic nitrogens is 1. The molecule has 2 aromatic carbocycles. The number of benzene rings is 2. The lowest BCUT2D eigenvalue weighted by Gasteiger charge is -2.29. The molecule has 0 fully saturated rings. The lowest BCUT2D eigenvalue weighted by atomic mass is 9.74. The maximum Gasteiger partial charge on any atom is 0.293 e. The lowest BCUT2D eigenvalue weighted by molar-refractivity contribution is -0.133. The summed E-state index contributed by atoms with van der Waals surface area (Å²) < 4.78 is 5.13. The normalized spacial score (nSPS) is 14.5. The quantitative estimate of drug-likeness (QED) is 0.447. The molecule has 0 radical (unpaired) electrons. The van der Waals surface area contributed by atoms with Crippen molar-refractivity contribution in [2.45, 2.75) is 38.2 Å². The van der Waals surface area contributed by atoms with Crippen molar-refractivity contribution in [3.8, 4) is 0 Å². The third-order valence-electron chi connectivity index (χ3n) is 5.10. The van der Waals surface area contributed by atoms with E-state index in [1.54, 1.807) is 0 Å². The Morgan fingerprint density at radius 3 is 2.69 bits per heavy atom. The molecular weight excluding hydrogens is 324 g/mol. The minimum atomic E-state index is -0.306. The fourth-order valence-corrected chi connectivity index (χ4v) is 3.57. The zero-order valence-electron chi connectivity index (χ0n) is 15.2. The van der Waals surface area contributed by atoms with Crippen molar-refractivity contribution in [3.63, 3.8) is 0 Å². The van der Waals surface area contributed by atoms with Crippen LogP contribution in [0, 0.1) is 5.41 Å². The highest BCUT2D eigenvalue weighted by molar-refractivity contribution is 5.84. The van der Waals surface area contributed by atoms with E-state index in [2.05, 4.69) is 42.2 Å². The third-order valence-corrected chi connectivity index (χ3v) is 5.10. The molecule has 4 nitrogen and oxygen atoms in total. The summed E-state index contributed by atoms with van der Waals surface area (Å²) in [5.41, 5.74) is 4.23. The Kier molecular flexibility index (Phi) is 5.21. The fourth-order valence-electron chi connectivity index (χ4n) is 3.57. The van der Waals surface area contributed by atoms with E-state index in [4.69, 9.17) is 10.1 Å². The van der Waals surface area contributed by atoms with Crippen molar-refractivity contribution in [3.05, 3.63) is 71.4 Å². The molecule has 4 heteroatoms. The van der Waals surface area contributed by atoms with Gasteiger partial charge < -0.3 is 15.1 Å². The molecule has 0 spiro atoms. The van der Waals surface area contributed by atoms with Crippen molar-refractivity contribution in [2.75, 3.05) is 0 Å². The number of carbonyl (C=O) groups is 1. The molecule has 2 unspecified atom stereocenters. The number of hydrogen-bond donors (Lipinski definition) is 2. The number of carbonyl (C=O) groups excluding carboxylic acids is 1. The SMILES string of the molecule is CC(OC=O)c1c[nH]c2ccc(C(C)(CC=N)Cc3ccccc3)cc12. The van der Waals surface area contributed by atoms with Crippen LogP contribution in [0.4, 0.5) is 0 Å². The number of nitrogens with one attached hydrogen (secondary N) is 2. The van der Waals surface area contributed by atoms with Crippen LogP contribution in [0.5, 0.6) is 0 Å². The maximum atomic E-state index is 10.7. The Bertz CT molecular complexity index is 901. The Balaban J connectivity index is 2.03. The molecule has 0 aliphatic heterocycles. The first-order chi connectivity index (χ1) is 12.6. The van der Waals surface area contributed by atoms with E-state index in [1.807, 2.05) is 31.3 Å². The molecule has 0 saturated carbocycles. The summed E-state index contributed by atoms with van der Waals surface area (Å²) in [5, 5.41) is 8.74. The van der Waals surface area contributed by atoms with Crippen LogP contribution in [0.3, 0.4) is 0 Å². The van der Waals surface area contributed by atoms with Crippen molar-refractivity contribution in [1.82, 2.24) is 4.98 Å². The van der Waals surface area contributed by atoms with Gasteiger partial charge in [-0.05, 0) is 49.2 Å². The zero-order valence-corrected chi connectivity index (χ0v) is 15.2. The van der Waals surface area contributed by atoms with Gasteiger partial charge in [0.15, 0.2) is 0 Å². The molecule has 0 aliphatic carbocycles. The van der Waals surface area contributed by atoms with Crippen LogP contribution in [0.1, 0.15) is 43.1 Å². The Hall–Kier alpha value is -2.88. The van der Waals surface area contributed by atoms with Gasteiger partial charge >= 0.3 is 0 Å². The van der Waals surface area contributed by atoms with Gasteiger partial charge in [-0.15, -0.1) is 0 Å². The molecular formula is C22H24N2O2. The summed E-state index contributed by atoms with van der Waals surface area (Å²) in [6, 6.07) is 16.7. The van der Waals surface area contributed by atoms with Gasteiger partial charge in [-0.1, -0.05) is 43.3 Å². The number of H-pyrrole nitrogens is 1. The summed E-state index contributed by atoms with van der Waals surface area (Å²) in [6.45, 7) is 4.55. The van der Waals surface area contributed by atoms with Crippen molar-refractivity contribution < 1.29 is 9.53 Å². The molecule has 3 rings (SSSR count). The van der Waals surface area contributed by atoms with Crippen molar-refractivity contribution >= 4 is 23.6 Å². The summed E-state index contributed by atoms with van der Waals surface area (Å²) in [7, 11) is 0. The molecule has 0 amide bonds. The van der Waals surface area contributed by atoms with Crippen LogP contribution < -0.4 is 0 Å². The molecule has 0 aliphatic rings. The second-order valence-electron chi connectivity index (χ2n) is 7.01. The highest BCUT2D eigenvalue weighted by Crippen LogP contribution is 2.35. The summed E-state index contributed by atoms with van der Waals surface area (Å²) >= 11 is 0. The summed E-state index contributed by atoms with van der Waals surface area (Å²) in [6.07, 6.45) is 4.60. The van der Waals surface area contributed by atoms with Crippen LogP contribution in [0.2, 0.25) is 0 Å². The largest absolute Gasteiger partial charge is 0.460 e. The second kappa shape index (κ2) is 7.56. The van der Waals surface area contributed by atoms with Gasteiger partial charge in [-0.2, -0.15) is 0 Å². The molecule has 26 heavy (non-hydrogen) atoms. The van der Waals surface area contributed by atoms with E-state index in [0.717, 1.165) is 22.9 Å². The van der Waals surface area contributed by atoms with E-state index in [-0.39, 0.29) is 11.5 Å². The molecule has 0 bridgehead atoms. The average molecular weight is 348 g/mol. The fraction of sp³-hybridized carbons (Fsp3) is 0.273. The topological polar surface area (TPSA) is 65.9 Å². The van der Waals surface area contributed by atoms with E-state index >= 15 is 0 Å². The van der Waals surface area contributed by atoms with Crippen molar-refractivity contribution in [2.24, 2.45) is 0 Å². The highest BCUT2D eigenvalue weighted by Gasteiger charge is 2.27. The van der Waals surface area contributed by atoms with E-state index in [1.165, 1.54) is 17.3 Å². The molecule has 0 saturated heterocycles. The van der Waals surface area contributed by atoms with Gasteiger partial charge in [0.25, 0.3) is 6.47 Å². The first-order valence-electron chi connectivity index (χ1n) is 8.81. The standard InChI is InChI=1S/C22H24N2O2/c1-16(26-15-25)20-14-24-21-9-8-18(12-19(20)21)22(2,10-11-23)13-17-6-4-3-5-7-17/h3-9,11-12,14-16,23-24H,10,13H2,1-2H3. The molecule has 3 aromatic rings. The van der Waals surface area contributed by atoms with Gasteiger partial charge in [0, 0.05) is 28.1 Å². The monoisotopic (exact) mass is 348 g/mol. The molecule has 1 heterocycles. The van der Waals surface area contributed by atoms with Crippen molar-refractivity contribution in [1.29, 1.82) is 5.41 Å². The third kappa shape index (κ3) is 3.54. The van der Waals surface area contributed by atoms with Crippen LogP contribution in [0.25, 0.3) is 10.9 Å². The number of ether oxygens (including phenoxy) is 1. The van der Waals surface area contributed by atoms with Gasteiger partial charge in [0.2, 0.25) is 0 Å². The molecule has 2 N–H and O–H groups in total. The lowest BCUT2D eigenvalue weighted by Crippen LogP contribution is -2.25. The van der Waals surface area contributed by atoms with Crippen LogP contribution in [-0.4, -0.2) is 17.7 Å². The second-order valence-corrected chi connectivity index (χ2v) is 7.01. The van der Waals surface area contributed by atoms with E-state index < -0.39 is 0 Å². The van der Waals surface area contributed by atoms with Gasteiger partial charge in [-0.25, -0.2) is 0 Å². The molecule has 1 aromatic heterocycles. The molecule has 134 valence electrons. The highest BCUT2D eigenvalue weighted by atomic mass is 16.5. The van der Waals surface area contributed by atoms with E-state index in [9.17, 15) is 4.79 Å². The number of rotatable bonds is 8. The van der Waals surface area contributed by atoms with Gasteiger partial charge in [0.05, 0.1) is 0 Å². The number of fused-ring (bicyclic) bond motifs is 1. The van der Waals surface area contributed by atoms with E-state index in [0.29, 0.717) is 12.9 Å². The minimum absolute atomic E-state index is 0.180. The first-order valence-corrected chi connectivity index (χ1v) is 8.81. The Morgan fingerprint density at radius 1 is 1.23 bits per heavy atom. The smallest absolute Gasteiger partial charge is 0.293 e. The molecule has 2 atom stereocenters. The average Bonchev–Trinajstić information content (AvgIpc) is 3.06. The first kappa shape index (κ1) is 17.9. The van der Waals surface area contributed by atoms with Crippen LogP contribution in [0.15, 0.2) is 54.7 Å². The maximum absolute atomic E-state index is 10.7. The summed E-state index contributed by atoms with van der Waals surface area (Å²) in [4.78, 5) is 14.0. The Labute approximate surface area is 153 Å². The van der Waals surface area contributed by atoms with Gasteiger partial charge in [0.1, 0.15) is 6.10 Å². The van der Waals surface area contributed by atoms with Gasteiger partial charge in [-0.3, -0.25) is 4.79 Å². The summed E-state index contributed by atoms with van der Waals surface area (Å²) in [5.74, 6) is 0. The predicted molar refractivity (Wildman–Crippen MR) is 105 cm³/mol. The predicted octanol–water partition coefficient (Wildman–Crippen LogP) is 4.94. The zero-order chi connectivity index (χ0) is 18.6.